The fraction of sp³-hybridized carbons (Fsp3) is 0.0625. The summed E-state index contributed by atoms with van der Waals surface area (Å²) in [6.45, 7) is 0. The van der Waals surface area contributed by atoms with Crippen LogP contribution in [0.1, 0.15) is 0 Å². The Morgan fingerprint density at radius 3 is 2.86 bits per heavy atom. The van der Waals surface area contributed by atoms with Crippen LogP contribution in [0, 0.1) is 5.82 Å². The van der Waals surface area contributed by atoms with E-state index in [1.165, 1.54) is 12.1 Å². The second-order valence-electron chi connectivity index (χ2n) is 4.75. The molecule has 0 fully saturated rings. The second-order valence-corrected chi connectivity index (χ2v) is 4.75. The van der Waals surface area contributed by atoms with Crippen molar-refractivity contribution < 1.29 is 13.9 Å². The van der Waals surface area contributed by atoms with Gasteiger partial charge in [-0.3, -0.25) is 4.98 Å². The molecule has 4 rings (SSSR count). The molecule has 0 aliphatic carbocycles. The number of methoxy groups -OCH3 is 1. The quantitative estimate of drug-likeness (QED) is 0.567. The minimum Gasteiger partial charge on any atom is -0.497 e. The van der Waals surface area contributed by atoms with Crippen LogP contribution in [-0.4, -0.2) is 12.1 Å². The van der Waals surface area contributed by atoms with E-state index in [1.807, 2.05) is 12.1 Å². The van der Waals surface area contributed by atoms with Crippen molar-refractivity contribution in [3.8, 4) is 17.2 Å². The molecule has 104 valence electrons. The van der Waals surface area contributed by atoms with Crippen molar-refractivity contribution in [2.45, 2.75) is 0 Å². The number of rotatable bonds is 1. The number of anilines is 2. The van der Waals surface area contributed by atoms with Crippen molar-refractivity contribution >= 4 is 22.3 Å². The zero-order chi connectivity index (χ0) is 14.4. The van der Waals surface area contributed by atoms with Gasteiger partial charge >= 0.3 is 0 Å². The molecule has 1 N–H and O–H groups in total. The Hall–Kier alpha value is -2.82. The summed E-state index contributed by atoms with van der Waals surface area (Å²) in [5.41, 5.74) is 2.13. The predicted octanol–water partition coefficient (Wildman–Crippen LogP) is 4.23. The Labute approximate surface area is 120 Å². The molecule has 0 saturated carbocycles. The first-order valence-electron chi connectivity index (χ1n) is 6.46. The van der Waals surface area contributed by atoms with Crippen LogP contribution in [0.4, 0.5) is 15.8 Å². The topological polar surface area (TPSA) is 43.4 Å². The Bertz CT molecular complexity index is 864. The number of fused-ring (bicyclic) bond motifs is 1. The van der Waals surface area contributed by atoms with E-state index in [2.05, 4.69) is 10.3 Å². The third kappa shape index (κ3) is 1.86. The van der Waals surface area contributed by atoms with Gasteiger partial charge in [0.1, 0.15) is 17.3 Å². The van der Waals surface area contributed by atoms with Gasteiger partial charge in [0.2, 0.25) is 0 Å². The average Bonchev–Trinajstić information content (AvgIpc) is 2.63. The van der Waals surface area contributed by atoms with Gasteiger partial charge < -0.3 is 14.8 Å². The highest BCUT2D eigenvalue weighted by atomic mass is 19.1. The van der Waals surface area contributed by atoms with Crippen molar-refractivity contribution in [1.82, 2.24) is 4.98 Å². The van der Waals surface area contributed by atoms with Crippen LogP contribution >= 0.6 is 0 Å². The first-order valence-corrected chi connectivity index (χ1v) is 6.46. The fourth-order valence-corrected chi connectivity index (χ4v) is 2.49. The van der Waals surface area contributed by atoms with Gasteiger partial charge in [-0.15, -0.1) is 0 Å². The third-order valence-electron chi connectivity index (χ3n) is 3.45. The molecular weight excluding hydrogens is 271 g/mol. The molecule has 0 spiro atoms. The van der Waals surface area contributed by atoms with Gasteiger partial charge in [0.05, 0.1) is 29.4 Å². The minimum absolute atomic E-state index is 0.376. The lowest BCUT2D eigenvalue weighted by Crippen LogP contribution is -1.92. The van der Waals surface area contributed by atoms with Crippen LogP contribution in [0.15, 0.2) is 42.6 Å². The zero-order valence-electron chi connectivity index (χ0n) is 11.2. The molecule has 21 heavy (non-hydrogen) atoms. The fourth-order valence-electron chi connectivity index (χ4n) is 2.49. The number of ether oxygens (including phenoxy) is 2. The average molecular weight is 282 g/mol. The number of nitrogens with zero attached hydrogens (tertiary/aromatic N) is 1. The summed E-state index contributed by atoms with van der Waals surface area (Å²) in [5.74, 6) is 1.40. The van der Waals surface area contributed by atoms with E-state index in [1.54, 1.807) is 25.4 Å². The van der Waals surface area contributed by atoms with E-state index in [0.29, 0.717) is 22.8 Å². The summed E-state index contributed by atoms with van der Waals surface area (Å²) in [6.07, 6.45) is 1.64. The number of hydrogen-bond acceptors (Lipinski definition) is 4. The summed E-state index contributed by atoms with van der Waals surface area (Å²) >= 11 is 0. The van der Waals surface area contributed by atoms with E-state index < -0.39 is 0 Å². The Balaban J connectivity index is 2.00. The van der Waals surface area contributed by atoms with E-state index in [0.717, 1.165) is 16.8 Å². The molecule has 0 atom stereocenters. The number of benzene rings is 2. The number of hydrogen-bond donors (Lipinski definition) is 1. The summed E-state index contributed by atoms with van der Waals surface area (Å²) in [5, 5.41) is 4.05. The second kappa shape index (κ2) is 4.34. The van der Waals surface area contributed by atoms with Crippen LogP contribution < -0.4 is 14.8 Å². The zero-order valence-corrected chi connectivity index (χ0v) is 11.2. The van der Waals surface area contributed by atoms with Gasteiger partial charge in [-0.05, 0) is 18.2 Å². The monoisotopic (exact) mass is 282 g/mol. The molecule has 2 aromatic carbocycles. The van der Waals surface area contributed by atoms with Gasteiger partial charge in [-0.2, -0.15) is 0 Å². The van der Waals surface area contributed by atoms with Gasteiger partial charge in [-0.1, -0.05) is 0 Å². The summed E-state index contributed by atoms with van der Waals surface area (Å²) < 4.78 is 24.8. The van der Waals surface area contributed by atoms with Crippen molar-refractivity contribution in [1.29, 1.82) is 0 Å². The number of pyridine rings is 1. The maximum Gasteiger partial charge on any atom is 0.151 e. The lowest BCUT2D eigenvalue weighted by molar-refractivity contribution is 0.413. The number of aromatic nitrogens is 1. The van der Waals surface area contributed by atoms with E-state index >= 15 is 0 Å². The van der Waals surface area contributed by atoms with Crippen LogP contribution in [0.2, 0.25) is 0 Å². The van der Waals surface area contributed by atoms with Crippen molar-refractivity contribution in [2.24, 2.45) is 0 Å². The molecule has 0 saturated heterocycles. The largest absolute Gasteiger partial charge is 0.497 e. The first-order chi connectivity index (χ1) is 10.2. The molecule has 5 heteroatoms. The third-order valence-corrected chi connectivity index (χ3v) is 3.45. The van der Waals surface area contributed by atoms with Crippen molar-refractivity contribution in [2.75, 3.05) is 12.4 Å². The molecule has 1 aliphatic heterocycles. The normalized spacial score (nSPS) is 12.1. The van der Waals surface area contributed by atoms with E-state index in [-0.39, 0.29) is 5.82 Å². The smallest absolute Gasteiger partial charge is 0.151 e. The SMILES string of the molecule is COc1ccc2c(c1)Nc1ccnc3cc(F)cc(c13)O2. The molecule has 0 unspecified atom stereocenters. The molecule has 0 amide bonds. The standard InChI is InChI=1S/C16H11FN2O2/c1-20-10-2-3-14-12(8-10)19-11-4-5-18-13-6-9(17)7-15(21-14)16(11)13/h2-8,19H,1H3. The lowest BCUT2D eigenvalue weighted by Gasteiger charge is -2.10. The van der Waals surface area contributed by atoms with Crippen LogP contribution in [0.3, 0.4) is 0 Å². The van der Waals surface area contributed by atoms with E-state index in [4.69, 9.17) is 9.47 Å². The summed E-state index contributed by atoms with van der Waals surface area (Å²) in [4.78, 5) is 4.20. The molecular formula is C16H11FN2O2. The van der Waals surface area contributed by atoms with Crippen LogP contribution in [0.25, 0.3) is 10.9 Å². The highest BCUT2D eigenvalue weighted by Crippen LogP contribution is 2.43. The Morgan fingerprint density at radius 2 is 2.00 bits per heavy atom. The number of halogens is 1. The Kier molecular flexibility index (Phi) is 2.47. The molecule has 0 bridgehead atoms. The van der Waals surface area contributed by atoms with Gasteiger partial charge in [0.25, 0.3) is 0 Å². The molecule has 1 aliphatic rings. The van der Waals surface area contributed by atoms with Crippen molar-refractivity contribution in [3.63, 3.8) is 0 Å². The molecule has 2 heterocycles. The van der Waals surface area contributed by atoms with Crippen LogP contribution in [-0.2, 0) is 0 Å². The number of nitrogens with one attached hydrogen (secondary N) is 1. The molecule has 1 aromatic heterocycles. The van der Waals surface area contributed by atoms with Gasteiger partial charge in [0.15, 0.2) is 5.75 Å². The lowest BCUT2D eigenvalue weighted by atomic mass is 10.1. The minimum atomic E-state index is -0.376. The van der Waals surface area contributed by atoms with Gasteiger partial charge in [0, 0.05) is 24.4 Å². The summed E-state index contributed by atoms with van der Waals surface area (Å²) in [7, 11) is 1.61. The van der Waals surface area contributed by atoms with Crippen LogP contribution in [0.5, 0.6) is 17.2 Å². The predicted molar refractivity (Wildman–Crippen MR) is 78.1 cm³/mol. The molecule has 3 aromatic rings. The summed E-state index contributed by atoms with van der Waals surface area (Å²) in [6, 6.07) is 10.0. The van der Waals surface area contributed by atoms with Crippen molar-refractivity contribution in [3.05, 3.63) is 48.4 Å². The van der Waals surface area contributed by atoms with Gasteiger partial charge in [-0.25, -0.2) is 4.39 Å². The first kappa shape index (κ1) is 12.0. The maximum absolute atomic E-state index is 13.7. The Morgan fingerprint density at radius 1 is 1.10 bits per heavy atom. The molecule has 4 nitrogen and oxygen atoms in total. The van der Waals surface area contributed by atoms with E-state index in [9.17, 15) is 4.39 Å². The highest BCUT2D eigenvalue weighted by Gasteiger charge is 2.18. The molecule has 0 radical (unpaired) electrons. The highest BCUT2D eigenvalue weighted by molar-refractivity contribution is 5.99. The maximum atomic E-state index is 13.7.